The predicted octanol–water partition coefficient (Wildman–Crippen LogP) is 12.1. The Morgan fingerprint density at radius 3 is 1.23 bits per heavy atom. The van der Waals surface area contributed by atoms with Crippen molar-refractivity contribution in [3.05, 3.63) is 35.4 Å². The van der Waals surface area contributed by atoms with Gasteiger partial charge in [-0.3, -0.25) is 9.59 Å². The number of rotatable bonds is 27. The highest BCUT2D eigenvalue weighted by atomic mass is 16.5. The fraction of sp³-hybridized carbons (Fsp3) is 0.652. The molecule has 1 heterocycles. The van der Waals surface area contributed by atoms with Crippen LogP contribution in [-0.4, -0.2) is 43.8 Å². The normalized spacial score (nSPS) is 14.1. The first-order chi connectivity index (χ1) is 26.8. The Morgan fingerprint density at radius 2 is 0.893 bits per heavy atom. The standard InChI is InChI=1S/C46H67N3O7/c1-31(2)13-10-16-34(7)21-24-54-40-27-37(49-45(52)42-38(47-29-50)19-20-39(48-30-51)43(42)46(49)53)28-41(55-25-22-35(8)17-11-14-32(3)4)44(40)56-26-23-36(9)18-12-15-33(5)6/h19-20,27-28,31-36H,10-18,21-26H2,1-9H3/t34-,35-,36-/m0/s1. The van der Waals surface area contributed by atoms with Gasteiger partial charge < -0.3 is 14.2 Å². The van der Waals surface area contributed by atoms with Crippen LogP contribution in [0.3, 0.4) is 0 Å². The number of amides is 2. The zero-order valence-electron chi connectivity index (χ0n) is 35.6. The molecule has 1 aliphatic rings. The van der Waals surface area contributed by atoms with E-state index < -0.39 is 11.8 Å². The Hall–Kier alpha value is -4.26. The molecule has 0 aromatic heterocycles. The molecule has 308 valence electrons. The number of anilines is 1. The molecule has 0 radical (unpaired) electrons. The molecule has 2 amide bonds. The topological polar surface area (TPSA) is 124 Å². The maximum Gasteiger partial charge on any atom is 0.268 e. The van der Waals surface area contributed by atoms with Gasteiger partial charge in [-0.15, -0.1) is 0 Å². The van der Waals surface area contributed by atoms with Gasteiger partial charge in [-0.25, -0.2) is 14.5 Å². The van der Waals surface area contributed by atoms with Crippen LogP contribution >= 0.6 is 0 Å². The van der Waals surface area contributed by atoms with Gasteiger partial charge in [-0.2, -0.15) is 9.98 Å². The lowest BCUT2D eigenvalue weighted by Crippen LogP contribution is -2.29. The van der Waals surface area contributed by atoms with E-state index >= 15 is 0 Å². The molecule has 56 heavy (non-hydrogen) atoms. The van der Waals surface area contributed by atoms with Crippen molar-refractivity contribution in [2.45, 2.75) is 139 Å². The number of hydrogen-bond donors (Lipinski definition) is 0. The maximum atomic E-state index is 14.1. The van der Waals surface area contributed by atoms with E-state index in [0.29, 0.717) is 72.6 Å². The molecule has 10 nitrogen and oxygen atoms in total. The summed E-state index contributed by atoms with van der Waals surface area (Å²) in [6, 6.07) is 5.98. The molecule has 0 saturated heterocycles. The third kappa shape index (κ3) is 14.4. The number of imide groups is 1. The van der Waals surface area contributed by atoms with Crippen LogP contribution in [0.1, 0.15) is 160 Å². The minimum absolute atomic E-state index is 0.0472. The van der Waals surface area contributed by atoms with E-state index in [0.717, 1.165) is 56.3 Å². The van der Waals surface area contributed by atoms with Gasteiger partial charge in [-0.1, -0.05) is 120 Å². The van der Waals surface area contributed by atoms with Crippen molar-refractivity contribution in [2.24, 2.45) is 45.5 Å². The molecule has 0 spiro atoms. The van der Waals surface area contributed by atoms with Gasteiger partial charge in [0.2, 0.25) is 17.9 Å². The molecular formula is C46H67N3O7. The first-order valence-electron chi connectivity index (χ1n) is 21.0. The molecular weight excluding hydrogens is 707 g/mol. The third-order valence-corrected chi connectivity index (χ3v) is 10.6. The molecule has 3 rings (SSSR count). The van der Waals surface area contributed by atoms with E-state index in [1.807, 2.05) is 0 Å². The second kappa shape index (κ2) is 23.7. The largest absolute Gasteiger partial charge is 0.489 e. The van der Waals surface area contributed by atoms with Crippen molar-refractivity contribution in [1.29, 1.82) is 0 Å². The van der Waals surface area contributed by atoms with Gasteiger partial charge in [0, 0.05) is 12.1 Å². The van der Waals surface area contributed by atoms with E-state index in [1.54, 1.807) is 12.1 Å². The second-order valence-electron chi connectivity index (χ2n) is 17.2. The number of carbonyl (C=O) groups excluding carboxylic acids is 4. The maximum absolute atomic E-state index is 14.1. The molecule has 0 fully saturated rings. The lowest BCUT2D eigenvalue weighted by Gasteiger charge is -2.23. The number of fused-ring (bicyclic) bond motifs is 1. The zero-order valence-corrected chi connectivity index (χ0v) is 35.6. The summed E-state index contributed by atoms with van der Waals surface area (Å²) >= 11 is 0. The van der Waals surface area contributed by atoms with Crippen molar-refractivity contribution < 1.29 is 33.4 Å². The smallest absolute Gasteiger partial charge is 0.268 e. The second-order valence-corrected chi connectivity index (χ2v) is 17.2. The minimum Gasteiger partial charge on any atom is -0.489 e. The predicted molar refractivity (Wildman–Crippen MR) is 223 cm³/mol. The first kappa shape index (κ1) is 46.1. The Morgan fingerprint density at radius 1 is 0.536 bits per heavy atom. The Labute approximate surface area is 335 Å². The first-order valence-corrected chi connectivity index (χ1v) is 21.0. The number of nitrogens with zero attached hydrogens (tertiary/aromatic N) is 3. The molecule has 2 aromatic rings. The van der Waals surface area contributed by atoms with E-state index in [9.17, 15) is 19.2 Å². The van der Waals surface area contributed by atoms with E-state index in [2.05, 4.69) is 72.3 Å². The quantitative estimate of drug-likeness (QED) is 0.0503. The number of ether oxygens (including phenoxy) is 3. The molecule has 0 N–H and O–H groups in total. The summed E-state index contributed by atoms with van der Waals surface area (Å²) in [5, 5.41) is 0. The van der Waals surface area contributed by atoms with Crippen molar-refractivity contribution in [3.63, 3.8) is 0 Å². The summed E-state index contributed by atoms with van der Waals surface area (Å²) in [5.74, 6) is 3.06. The number of benzene rings is 2. The van der Waals surface area contributed by atoms with Crippen molar-refractivity contribution in [3.8, 4) is 17.2 Å². The number of isocyanates is 2. The van der Waals surface area contributed by atoms with Gasteiger partial charge in [0.15, 0.2) is 11.5 Å². The van der Waals surface area contributed by atoms with Crippen LogP contribution in [0.4, 0.5) is 17.1 Å². The van der Waals surface area contributed by atoms with Crippen LogP contribution in [0.15, 0.2) is 34.3 Å². The monoisotopic (exact) mass is 773 g/mol. The fourth-order valence-electron chi connectivity index (χ4n) is 7.06. The summed E-state index contributed by atoms with van der Waals surface area (Å²) in [6.07, 6.45) is 15.7. The Kier molecular flexibility index (Phi) is 19.5. The van der Waals surface area contributed by atoms with Crippen molar-refractivity contribution in [1.82, 2.24) is 0 Å². The van der Waals surface area contributed by atoms with Crippen LogP contribution in [0.25, 0.3) is 0 Å². The summed E-state index contributed by atoms with van der Waals surface area (Å²) in [5.41, 5.74) is -0.176. The lowest BCUT2D eigenvalue weighted by atomic mass is 9.97. The SMILES string of the molecule is CC(C)CCC[C@H](C)CCOc1cc(N2C(=O)c3c(N=C=O)ccc(N=C=O)c3C2=O)cc(OCC[C@@H](C)CCCC(C)C)c1OCC[C@@H](C)CCCC(C)C. The highest BCUT2D eigenvalue weighted by molar-refractivity contribution is 6.37. The summed E-state index contributed by atoms with van der Waals surface area (Å²) in [6.45, 7) is 21.4. The van der Waals surface area contributed by atoms with E-state index in [-0.39, 0.29) is 28.2 Å². The molecule has 3 atom stereocenters. The highest BCUT2D eigenvalue weighted by Gasteiger charge is 2.42. The Bertz CT molecular complexity index is 1570. The van der Waals surface area contributed by atoms with Crippen LogP contribution in [0.2, 0.25) is 0 Å². The molecule has 0 bridgehead atoms. The van der Waals surface area contributed by atoms with Gasteiger partial charge in [0.1, 0.15) is 0 Å². The van der Waals surface area contributed by atoms with Gasteiger partial charge in [0.05, 0.1) is 48.0 Å². The number of carbonyl (C=O) groups is 2. The molecule has 0 aliphatic carbocycles. The van der Waals surface area contributed by atoms with Gasteiger partial charge in [0.25, 0.3) is 11.8 Å². The molecule has 10 heteroatoms. The van der Waals surface area contributed by atoms with Crippen LogP contribution < -0.4 is 19.1 Å². The van der Waals surface area contributed by atoms with E-state index in [1.165, 1.54) is 50.0 Å². The Balaban J connectivity index is 2.03. The summed E-state index contributed by atoms with van der Waals surface area (Å²) in [4.78, 5) is 59.2. The van der Waals surface area contributed by atoms with Gasteiger partial charge >= 0.3 is 0 Å². The molecule has 0 saturated carbocycles. The molecule has 0 unspecified atom stereocenters. The van der Waals surface area contributed by atoms with E-state index in [4.69, 9.17) is 14.2 Å². The summed E-state index contributed by atoms with van der Waals surface area (Å²) < 4.78 is 19.6. The lowest BCUT2D eigenvalue weighted by molar-refractivity contribution is 0.0926. The minimum atomic E-state index is -0.722. The van der Waals surface area contributed by atoms with Crippen LogP contribution in [0.5, 0.6) is 17.2 Å². The van der Waals surface area contributed by atoms with Crippen LogP contribution in [0, 0.1) is 35.5 Å². The zero-order chi connectivity index (χ0) is 41.2. The van der Waals surface area contributed by atoms with Crippen molar-refractivity contribution >= 4 is 41.0 Å². The fourth-order valence-corrected chi connectivity index (χ4v) is 7.06. The molecule has 1 aliphatic heterocycles. The number of aliphatic imine (C=N–C) groups is 2. The third-order valence-electron chi connectivity index (χ3n) is 10.6. The van der Waals surface area contributed by atoms with Crippen molar-refractivity contribution in [2.75, 3.05) is 24.7 Å². The van der Waals surface area contributed by atoms with Crippen LogP contribution in [-0.2, 0) is 9.59 Å². The number of hydrogen-bond acceptors (Lipinski definition) is 9. The highest BCUT2D eigenvalue weighted by Crippen LogP contribution is 2.46. The molecule has 2 aromatic carbocycles. The summed E-state index contributed by atoms with van der Waals surface area (Å²) in [7, 11) is 0. The average Bonchev–Trinajstić information content (AvgIpc) is 3.39. The van der Waals surface area contributed by atoms with Gasteiger partial charge in [-0.05, 0) is 66.9 Å². The average molecular weight is 774 g/mol.